The average Bonchev–Trinajstić information content (AvgIpc) is 3.88. The third-order valence-corrected chi connectivity index (χ3v) is 13.8. The SMILES string of the molecule is c1ccc(-n2c3ccc(-c4cccc5c4Cc4c(-c6ccc(-c7cc8c9c(c7)Oc7ccccc7B9c7ccccc7O8)cc6)cccc4-5)cc3c3cc4ccccc4cc32)cc1. The molecule has 0 radical (unpaired) electrons. The lowest BCUT2D eigenvalue weighted by Crippen LogP contribution is -2.57. The van der Waals surface area contributed by atoms with Crippen molar-refractivity contribution in [3.63, 3.8) is 0 Å². The molecule has 0 bridgehead atoms. The summed E-state index contributed by atoms with van der Waals surface area (Å²) < 4.78 is 15.6. The summed E-state index contributed by atoms with van der Waals surface area (Å²) >= 11 is 0. The van der Waals surface area contributed by atoms with Crippen LogP contribution in [0, 0.1) is 0 Å². The van der Waals surface area contributed by atoms with Crippen LogP contribution in [-0.4, -0.2) is 11.3 Å². The van der Waals surface area contributed by atoms with Gasteiger partial charge >= 0.3 is 0 Å². The van der Waals surface area contributed by atoms with Crippen molar-refractivity contribution in [2.24, 2.45) is 0 Å². The van der Waals surface area contributed by atoms with Gasteiger partial charge in [0.1, 0.15) is 23.0 Å². The molecule has 0 unspecified atom stereocenters. The summed E-state index contributed by atoms with van der Waals surface area (Å²) in [7, 11) is 0. The Morgan fingerprint density at radius 1 is 0.365 bits per heavy atom. The van der Waals surface area contributed by atoms with Crippen molar-refractivity contribution < 1.29 is 9.47 Å². The van der Waals surface area contributed by atoms with Crippen LogP contribution in [0.25, 0.3) is 82.8 Å². The predicted octanol–water partition coefficient (Wildman–Crippen LogP) is 13.2. The number of rotatable bonds is 4. The van der Waals surface area contributed by atoms with E-state index in [-0.39, 0.29) is 6.71 Å². The molecule has 0 N–H and O–H groups in total. The minimum Gasteiger partial charge on any atom is -0.458 e. The van der Waals surface area contributed by atoms with Gasteiger partial charge in [0.05, 0.1) is 11.0 Å². The fourth-order valence-corrected chi connectivity index (χ4v) is 10.9. The van der Waals surface area contributed by atoms with Crippen molar-refractivity contribution in [3.05, 3.63) is 217 Å². The third-order valence-electron chi connectivity index (χ3n) is 13.8. The van der Waals surface area contributed by atoms with E-state index in [4.69, 9.17) is 9.47 Å². The molecule has 3 aliphatic rings. The third kappa shape index (κ3) is 5.16. The first-order chi connectivity index (χ1) is 31.2. The first kappa shape index (κ1) is 34.6. The number of aromatic nitrogens is 1. The monoisotopic (exact) mass is 801 g/mol. The summed E-state index contributed by atoms with van der Waals surface area (Å²) in [6, 6.07) is 75.0. The highest BCUT2D eigenvalue weighted by Crippen LogP contribution is 2.47. The van der Waals surface area contributed by atoms with Crippen molar-refractivity contribution in [1.29, 1.82) is 0 Å². The largest absolute Gasteiger partial charge is 0.458 e. The van der Waals surface area contributed by atoms with Crippen molar-refractivity contribution >= 4 is 55.7 Å². The van der Waals surface area contributed by atoms with Crippen LogP contribution in [-0.2, 0) is 6.42 Å². The molecule has 0 saturated heterocycles. The lowest BCUT2D eigenvalue weighted by atomic mass is 9.35. The number of benzene rings is 10. The second-order valence-corrected chi connectivity index (χ2v) is 17.1. The molecule has 11 aromatic rings. The lowest BCUT2D eigenvalue weighted by molar-refractivity contribution is 0.465. The Morgan fingerprint density at radius 2 is 0.905 bits per heavy atom. The van der Waals surface area contributed by atoms with Gasteiger partial charge in [-0.3, -0.25) is 0 Å². The Labute approximate surface area is 365 Å². The van der Waals surface area contributed by atoms with Gasteiger partial charge in [-0.1, -0.05) is 146 Å². The maximum absolute atomic E-state index is 6.61. The second-order valence-electron chi connectivity index (χ2n) is 17.1. The van der Waals surface area contributed by atoms with E-state index < -0.39 is 0 Å². The van der Waals surface area contributed by atoms with Crippen LogP contribution in [0.2, 0.25) is 0 Å². The molecule has 0 amide bonds. The fraction of sp³-hybridized carbons (Fsp3) is 0.0169. The molecular weight excluding hydrogens is 765 g/mol. The summed E-state index contributed by atoms with van der Waals surface area (Å²) in [5.41, 5.74) is 19.7. The summed E-state index contributed by atoms with van der Waals surface area (Å²) in [5, 5.41) is 5.04. The predicted molar refractivity (Wildman–Crippen MR) is 261 cm³/mol. The van der Waals surface area contributed by atoms with E-state index in [1.807, 2.05) is 12.1 Å². The summed E-state index contributed by atoms with van der Waals surface area (Å²) in [6.07, 6.45) is 0.875. The highest BCUT2D eigenvalue weighted by molar-refractivity contribution is 6.98. The molecule has 63 heavy (non-hydrogen) atoms. The molecule has 0 spiro atoms. The summed E-state index contributed by atoms with van der Waals surface area (Å²) in [4.78, 5) is 0. The molecule has 1 aromatic heterocycles. The van der Waals surface area contributed by atoms with E-state index in [1.54, 1.807) is 0 Å². The molecule has 2 aliphatic heterocycles. The average molecular weight is 802 g/mol. The van der Waals surface area contributed by atoms with Gasteiger partial charge in [0, 0.05) is 21.9 Å². The van der Waals surface area contributed by atoms with Gasteiger partial charge in [0.25, 0.3) is 6.71 Å². The topological polar surface area (TPSA) is 23.4 Å². The molecule has 0 atom stereocenters. The maximum Gasteiger partial charge on any atom is 0.260 e. The van der Waals surface area contributed by atoms with E-state index in [0.717, 1.165) is 46.0 Å². The Bertz CT molecular complexity index is 3650. The summed E-state index contributed by atoms with van der Waals surface area (Å²) in [6.45, 7) is 0.0660. The van der Waals surface area contributed by atoms with Crippen molar-refractivity contribution in [2.45, 2.75) is 6.42 Å². The van der Waals surface area contributed by atoms with Crippen LogP contribution in [0.3, 0.4) is 0 Å². The van der Waals surface area contributed by atoms with Gasteiger partial charge < -0.3 is 14.0 Å². The molecule has 14 rings (SSSR count). The maximum atomic E-state index is 6.61. The van der Waals surface area contributed by atoms with Gasteiger partial charge in [-0.25, -0.2) is 0 Å². The van der Waals surface area contributed by atoms with Crippen LogP contribution in [0.4, 0.5) is 0 Å². The first-order valence-electron chi connectivity index (χ1n) is 21.8. The van der Waals surface area contributed by atoms with Crippen molar-refractivity contribution in [1.82, 2.24) is 4.57 Å². The molecule has 3 heterocycles. The molecule has 1 aliphatic carbocycles. The Hall–Kier alpha value is -8.08. The quantitative estimate of drug-likeness (QED) is 0.166. The second kappa shape index (κ2) is 13.2. The Balaban J connectivity index is 0.830. The molecule has 3 nitrogen and oxygen atoms in total. The van der Waals surface area contributed by atoms with Gasteiger partial charge in [0.15, 0.2) is 0 Å². The number of nitrogens with zero attached hydrogens (tertiary/aromatic N) is 1. The number of hydrogen-bond acceptors (Lipinski definition) is 2. The van der Waals surface area contributed by atoms with Gasteiger partial charge in [-0.2, -0.15) is 0 Å². The normalized spacial score (nSPS) is 12.9. The highest BCUT2D eigenvalue weighted by Gasteiger charge is 2.40. The molecular formula is C59H36BNO2. The van der Waals surface area contributed by atoms with E-state index in [1.165, 1.54) is 93.7 Å². The molecule has 292 valence electrons. The standard InChI is InChI=1S/C59H36BNO2/c1-2-14-42(15-3-1)61-53-29-28-40(31-49(53)50-30-38-12-4-5-13-39(38)32-54(50)61)44-17-11-19-46-45-18-10-16-43(47(45)35-48(44)46)37-26-24-36(25-27-37)41-33-57-59-58(34-41)63-56-23-9-7-21-52(56)60(59)51-20-6-8-22-55(51)62-57/h1-34H,35H2. The summed E-state index contributed by atoms with van der Waals surface area (Å²) in [5.74, 6) is 3.51. The molecule has 0 saturated carbocycles. The lowest BCUT2D eigenvalue weighted by Gasteiger charge is -2.33. The van der Waals surface area contributed by atoms with Crippen LogP contribution >= 0.6 is 0 Å². The van der Waals surface area contributed by atoms with Crippen molar-refractivity contribution in [2.75, 3.05) is 0 Å². The van der Waals surface area contributed by atoms with Crippen LogP contribution < -0.4 is 25.9 Å². The smallest absolute Gasteiger partial charge is 0.260 e. The van der Waals surface area contributed by atoms with Gasteiger partial charge in [-0.05, 0) is 144 Å². The number of fused-ring (bicyclic) bond motifs is 11. The van der Waals surface area contributed by atoms with E-state index in [0.29, 0.717) is 0 Å². The minimum atomic E-state index is 0.0660. The molecule has 4 heteroatoms. The molecule has 0 fully saturated rings. The van der Waals surface area contributed by atoms with Crippen LogP contribution in [0.1, 0.15) is 11.1 Å². The van der Waals surface area contributed by atoms with Crippen LogP contribution in [0.15, 0.2) is 206 Å². The number of para-hydroxylation sites is 3. The minimum absolute atomic E-state index is 0.0660. The highest BCUT2D eigenvalue weighted by atomic mass is 16.5. The first-order valence-corrected chi connectivity index (χ1v) is 21.8. The van der Waals surface area contributed by atoms with Gasteiger partial charge in [-0.15, -0.1) is 0 Å². The zero-order chi connectivity index (χ0) is 41.2. The van der Waals surface area contributed by atoms with Crippen LogP contribution in [0.5, 0.6) is 23.0 Å². The number of ether oxygens (including phenoxy) is 2. The Kier molecular flexibility index (Phi) is 7.26. The zero-order valence-corrected chi connectivity index (χ0v) is 34.2. The van der Waals surface area contributed by atoms with E-state index >= 15 is 0 Å². The van der Waals surface area contributed by atoms with E-state index in [9.17, 15) is 0 Å². The fourth-order valence-electron chi connectivity index (χ4n) is 10.9. The molecule has 10 aromatic carbocycles. The van der Waals surface area contributed by atoms with Crippen molar-refractivity contribution in [3.8, 4) is 73.2 Å². The zero-order valence-electron chi connectivity index (χ0n) is 34.2. The van der Waals surface area contributed by atoms with E-state index in [2.05, 4.69) is 199 Å². The van der Waals surface area contributed by atoms with Gasteiger partial charge in [0.2, 0.25) is 0 Å². The number of hydrogen-bond donors (Lipinski definition) is 0. The Morgan fingerprint density at radius 3 is 1.59 bits per heavy atom.